The molecule has 1 aromatic heterocycles. The summed E-state index contributed by atoms with van der Waals surface area (Å²) in [5.41, 5.74) is 1.81. The minimum atomic E-state index is -0.825. The summed E-state index contributed by atoms with van der Waals surface area (Å²) < 4.78 is 30.0. The van der Waals surface area contributed by atoms with Crippen molar-refractivity contribution in [2.45, 2.75) is 33.7 Å². The third-order valence-corrected chi connectivity index (χ3v) is 7.10. The number of rotatable bonds is 10. The molecule has 1 aliphatic heterocycles. The van der Waals surface area contributed by atoms with Crippen molar-refractivity contribution in [3.63, 3.8) is 0 Å². The van der Waals surface area contributed by atoms with Gasteiger partial charge in [-0.2, -0.15) is 0 Å². The molecule has 0 amide bonds. The van der Waals surface area contributed by atoms with E-state index in [4.69, 9.17) is 23.7 Å². The third-order valence-electron chi connectivity index (χ3n) is 6.11. The first-order valence-corrected chi connectivity index (χ1v) is 13.5. The molecule has 1 aliphatic rings. The zero-order valence-corrected chi connectivity index (χ0v) is 23.7. The maximum absolute atomic E-state index is 14.0. The van der Waals surface area contributed by atoms with E-state index in [0.29, 0.717) is 56.8 Å². The molecule has 3 aromatic rings. The molecule has 2 heterocycles. The summed E-state index contributed by atoms with van der Waals surface area (Å²) in [6.45, 7) is 8.26. The van der Waals surface area contributed by atoms with Crippen LogP contribution in [0.15, 0.2) is 57.5 Å². The van der Waals surface area contributed by atoms with E-state index in [1.165, 1.54) is 15.9 Å². The van der Waals surface area contributed by atoms with Gasteiger partial charge in [0.05, 0.1) is 49.8 Å². The van der Waals surface area contributed by atoms with Crippen LogP contribution in [0.1, 0.15) is 44.9 Å². The maximum atomic E-state index is 14.0. The molecule has 4 rings (SSSR count). The van der Waals surface area contributed by atoms with E-state index >= 15 is 0 Å². The number of carbonyl (C=O) groups is 1. The molecule has 206 valence electrons. The lowest BCUT2D eigenvalue weighted by Gasteiger charge is -2.26. The number of benzene rings is 2. The number of aromatic nitrogens is 1. The SMILES string of the molecule is CCOC(=O)C1=C(C)N=c2s/c(=C/c3ccc(OC)c(OCC)c3)c(=O)n2[C@@H]1c1cccc(OC)c1OCC. The molecule has 10 heteroatoms. The molecule has 0 N–H and O–H groups in total. The van der Waals surface area contributed by atoms with Crippen molar-refractivity contribution in [1.82, 2.24) is 4.57 Å². The number of allylic oxidation sites excluding steroid dienone is 1. The Bertz CT molecular complexity index is 1590. The van der Waals surface area contributed by atoms with Crippen LogP contribution < -0.4 is 33.8 Å². The average Bonchev–Trinajstić information content (AvgIpc) is 3.22. The number of hydrogen-bond acceptors (Lipinski definition) is 9. The first-order valence-electron chi connectivity index (χ1n) is 12.7. The Morgan fingerprint density at radius 1 is 1.00 bits per heavy atom. The van der Waals surface area contributed by atoms with Crippen molar-refractivity contribution in [1.29, 1.82) is 0 Å². The van der Waals surface area contributed by atoms with Crippen molar-refractivity contribution < 1.29 is 28.5 Å². The van der Waals surface area contributed by atoms with Gasteiger partial charge in [-0.1, -0.05) is 29.5 Å². The van der Waals surface area contributed by atoms with Gasteiger partial charge in [0.2, 0.25) is 0 Å². The second-order valence-electron chi connectivity index (χ2n) is 8.46. The fourth-order valence-electron chi connectivity index (χ4n) is 4.50. The van der Waals surface area contributed by atoms with Gasteiger partial charge in [-0.3, -0.25) is 9.36 Å². The lowest BCUT2D eigenvalue weighted by atomic mass is 9.94. The highest BCUT2D eigenvalue weighted by Gasteiger charge is 2.36. The second kappa shape index (κ2) is 12.2. The summed E-state index contributed by atoms with van der Waals surface area (Å²) in [5.74, 6) is 1.59. The Labute approximate surface area is 230 Å². The van der Waals surface area contributed by atoms with Gasteiger partial charge in [-0.25, -0.2) is 9.79 Å². The Morgan fingerprint density at radius 2 is 1.74 bits per heavy atom. The van der Waals surface area contributed by atoms with Crippen LogP contribution in [0.5, 0.6) is 23.0 Å². The molecule has 1 atom stereocenters. The fourth-order valence-corrected chi connectivity index (χ4v) is 5.54. The summed E-state index contributed by atoms with van der Waals surface area (Å²) >= 11 is 1.24. The summed E-state index contributed by atoms with van der Waals surface area (Å²) in [5, 5.41) is 0. The van der Waals surface area contributed by atoms with Crippen LogP contribution in [0, 0.1) is 0 Å². The molecule has 0 fully saturated rings. The van der Waals surface area contributed by atoms with E-state index < -0.39 is 12.0 Å². The zero-order valence-electron chi connectivity index (χ0n) is 22.9. The number of esters is 1. The molecule has 0 saturated heterocycles. The number of nitrogens with zero attached hydrogens (tertiary/aromatic N) is 2. The normalized spacial score (nSPS) is 14.9. The number of carbonyl (C=O) groups excluding carboxylic acids is 1. The highest BCUT2D eigenvalue weighted by Crippen LogP contribution is 2.40. The van der Waals surface area contributed by atoms with Crippen LogP contribution in [0.2, 0.25) is 0 Å². The first kappa shape index (κ1) is 28.0. The molecule has 0 radical (unpaired) electrons. The van der Waals surface area contributed by atoms with Crippen molar-refractivity contribution in [3.8, 4) is 23.0 Å². The molecular formula is C29H32N2O7S. The number of para-hydroxylation sites is 1. The van der Waals surface area contributed by atoms with Gasteiger partial charge in [0, 0.05) is 5.56 Å². The van der Waals surface area contributed by atoms with Gasteiger partial charge >= 0.3 is 5.97 Å². The van der Waals surface area contributed by atoms with E-state index in [0.717, 1.165) is 5.56 Å². The minimum absolute atomic E-state index is 0.183. The van der Waals surface area contributed by atoms with Gasteiger partial charge in [-0.15, -0.1) is 0 Å². The Morgan fingerprint density at radius 3 is 2.41 bits per heavy atom. The highest BCUT2D eigenvalue weighted by molar-refractivity contribution is 7.07. The number of thiazole rings is 1. The average molecular weight is 553 g/mol. The highest BCUT2D eigenvalue weighted by atomic mass is 32.1. The monoisotopic (exact) mass is 552 g/mol. The smallest absolute Gasteiger partial charge is 0.338 e. The fraction of sp³-hybridized carbons (Fsp3) is 0.345. The third kappa shape index (κ3) is 5.42. The number of hydrogen-bond donors (Lipinski definition) is 0. The van der Waals surface area contributed by atoms with Crippen LogP contribution in [0.4, 0.5) is 0 Å². The Hall–Kier alpha value is -4.05. The molecule has 0 aliphatic carbocycles. The van der Waals surface area contributed by atoms with Crippen molar-refractivity contribution in [2.75, 3.05) is 34.0 Å². The minimum Gasteiger partial charge on any atom is -0.493 e. The second-order valence-corrected chi connectivity index (χ2v) is 9.47. The predicted molar refractivity (Wildman–Crippen MR) is 149 cm³/mol. The lowest BCUT2D eigenvalue weighted by molar-refractivity contribution is -0.139. The van der Waals surface area contributed by atoms with Crippen molar-refractivity contribution in [3.05, 3.63) is 78.5 Å². The van der Waals surface area contributed by atoms with Gasteiger partial charge in [-0.05, 0) is 57.5 Å². The van der Waals surface area contributed by atoms with Crippen LogP contribution in [-0.4, -0.2) is 44.6 Å². The number of methoxy groups -OCH3 is 2. The molecule has 39 heavy (non-hydrogen) atoms. The molecule has 0 unspecified atom stereocenters. The van der Waals surface area contributed by atoms with Crippen molar-refractivity contribution >= 4 is 23.4 Å². The van der Waals surface area contributed by atoms with Crippen LogP contribution in [0.3, 0.4) is 0 Å². The molecule has 0 bridgehead atoms. The van der Waals surface area contributed by atoms with Crippen molar-refractivity contribution in [2.24, 2.45) is 4.99 Å². The summed E-state index contributed by atoms with van der Waals surface area (Å²) in [6.07, 6.45) is 1.78. The van der Waals surface area contributed by atoms with Crippen LogP contribution >= 0.6 is 11.3 Å². The number of ether oxygens (including phenoxy) is 5. The molecule has 9 nitrogen and oxygen atoms in total. The van der Waals surface area contributed by atoms with E-state index in [9.17, 15) is 9.59 Å². The quantitative estimate of drug-likeness (QED) is 0.355. The summed E-state index contributed by atoms with van der Waals surface area (Å²) in [4.78, 5) is 32.3. The maximum Gasteiger partial charge on any atom is 0.338 e. The predicted octanol–water partition coefficient (Wildman–Crippen LogP) is 3.61. The Kier molecular flexibility index (Phi) is 8.75. The van der Waals surface area contributed by atoms with Crippen LogP contribution in [0.25, 0.3) is 6.08 Å². The van der Waals surface area contributed by atoms with E-state index in [1.54, 1.807) is 52.3 Å². The topological polar surface area (TPSA) is 97.6 Å². The number of fused-ring (bicyclic) bond motifs is 1. The standard InChI is InChI=1S/C29H32N2O7S/c1-7-36-22-15-18(13-14-20(22)34-5)16-23-27(32)31-25(19-11-10-12-21(35-6)26(19)37-8-2)24(28(33)38-9-3)17(4)30-29(31)39-23/h10-16,25H,7-9H2,1-6H3/b23-16+/t25-/m1/s1. The molecule has 2 aromatic carbocycles. The Balaban J connectivity index is 1.98. The van der Waals surface area contributed by atoms with Crippen LogP contribution in [-0.2, 0) is 9.53 Å². The lowest BCUT2D eigenvalue weighted by Crippen LogP contribution is -2.40. The molecule has 0 saturated carbocycles. The summed E-state index contributed by atoms with van der Waals surface area (Å²) in [6, 6.07) is 10.0. The van der Waals surface area contributed by atoms with E-state index in [-0.39, 0.29) is 17.7 Å². The van der Waals surface area contributed by atoms with E-state index in [1.807, 2.05) is 32.0 Å². The van der Waals surface area contributed by atoms with Gasteiger partial charge < -0.3 is 23.7 Å². The largest absolute Gasteiger partial charge is 0.493 e. The van der Waals surface area contributed by atoms with Gasteiger partial charge in [0.1, 0.15) is 6.04 Å². The van der Waals surface area contributed by atoms with Gasteiger partial charge in [0.25, 0.3) is 5.56 Å². The van der Waals surface area contributed by atoms with E-state index in [2.05, 4.69) is 4.99 Å². The first-order chi connectivity index (χ1) is 18.9. The molecular weight excluding hydrogens is 520 g/mol. The zero-order chi connectivity index (χ0) is 28.1. The van der Waals surface area contributed by atoms with Gasteiger partial charge in [0.15, 0.2) is 27.8 Å². The molecule has 0 spiro atoms. The summed E-state index contributed by atoms with van der Waals surface area (Å²) in [7, 11) is 3.12.